The third kappa shape index (κ3) is 6.12. The van der Waals surface area contributed by atoms with Crippen molar-refractivity contribution in [2.75, 3.05) is 0 Å². The van der Waals surface area contributed by atoms with Crippen LogP contribution in [-0.4, -0.2) is 0 Å². The zero-order chi connectivity index (χ0) is 10.3. The van der Waals surface area contributed by atoms with Gasteiger partial charge in [0.25, 0.3) is 0 Å². The molecular formula is C13H28. The topological polar surface area (TPSA) is 0 Å². The number of hydrogen-bond acceptors (Lipinski definition) is 0. The lowest BCUT2D eigenvalue weighted by molar-refractivity contribution is 0.367. The van der Waals surface area contributed by atoms with Crippen molar-refractivity contribution in [2.24, 2.45) is 17.8 Å². The van der Waals surface area contributed by atoms with Gasteiger partial charge in [-0.2, -0.15) is 0 Å². The smallest absolute Gasteiger partial charge is 0.0389 e. The molecule has 0 heteroatoms. The van der Waals surface area contributed by atoms with Crippen molar-refractivity contribution < 1.29 is 0 Å². The Morgan fingerprint density at radius 3 is 1.46 bits per heavy atom. The Morgan fingerprint density at radius 1 is 0.923 bits per heavy atom. The van der Waals surface area contributed by atoms with Crippen molar-refractivity contribution in [1.82, 2.24) is 0 Å². The molecule has 80 valence electrons. The van der Waals surface area contributed by atoms with E-state index in [1.807, 2.05) is 0 Å². The largest absolute Gasteiger partial charge is 0.0651 e. The van der Waals surface area contributed by atoms with Crippen molar-refractivity contribution in [3.63, 3.8) is 0 Å². The van der Waals surface area contributed by atoms with Gasteiger partial charge in [-0.3, -0.25) is 0 Å². The SMILES string of the molecule is CC(C)C.CCC1CCCC1CC. The van der Waals surface area contributed by atoms with Crippen LogP contribution in [0, 0.1) is 17.8 Å². The second-order valence-electron chi connectivity index (χ2n) is 5.00. The quantitative estimate of drug-likeness (QED) is 0.573. The van der Waals surface area contributed by atoms with E-state index in [1.165, 1.54) is 32.1 Å². The molecule has 0 bridgehead atoms. The van der Waals surface area contributed by atoms with E-state index >= 15 is 0 Å². The Labute approximate surface area is 85.1 Å². The van der Waals surface area contributed by atoms with Crippen LogP contribution in [0.1, 0.15) is 66.7 Å². The van der Waals surface area contributed by atoms with E-state index in [1.54, 1.807) is 0 Å². The normalized spacial score (nSPS) is 27.2. The monoisotopic (exact) mass is 184 g/mol. The Balaban J connectivity index is 0.000000310. The Bertz CT molecular complexity index is 91.9. The molecule has 0 aromatic carbocycles. The summed E-state index contributed by atoms with van der Waals surface area (Å²) in [7, 11) is 0. The van der Waals surface area contributed by atoms with E-state index in [4.69, 9.17) is 0 Å². The summed E-state index contributed by atoms with van der Waals surface area (Å²) >= 11 is 0. The van der Waals surface area contributed by atoms with Gasteiger partial charge in [0.15, 0.2) is 0 Å². The molecule has 0 heterocycles. The van der Waals surface area contributed by atoms with Gasteiger partial charge in [0, 0.05) is 0 Å². The van der Waals surface area contributed by atoms with Crippen molar-refractivity contribution >= 4 is 0 Å². The van der Waals surface area contributed by atoms with Crippen LogP contribution in [0.3, 0.4) is 0 Å². The highest BCUT2D eigenvalue weighted by atomic mass is 14.3. The predicted molar refractivity (Wildman–Crippen MR) is 61.9 cm³/mol. The molecule has 1 aliphatic rings. The summed E-state index contributed by atoms with van der Waals surface area (Å²) in [5.41, 5.74) is 0. The zero-order valence-electron chi connectivity index (χ0n) is 10.3. The number of rotatable bonds is 2. The molecule has 2 unspecified atom stereocenters. The molecule has 0 saturated heterocycles. The van der Waals surface area contributed by atoms with Crippen LogP contribution >= 0.6 is 0 Å². The summed E-state index contributed by atoms with van der Waals surface area (Å²) < 4.78 is 0. The predicted octanol–water partition coefficient (Wildman–Crippen LogP) is 4.89. The van der Waals surface area contributed by atoms with E-state index < -0.39 is 0 Å². The van der Waals surface area contributed by atoms with Gasteiger partial charge in [0.05, 0.1) is 0 Å². The van der Waals surface area contributed by atoms with Crippen LogP contribution in [-0.2, 0) is 0 Å². The molecule has 0 N–H and O–H groups in total. The van der Waals surface area contributed by atoms with Crippen LogP contribution in [0.25, 0.3) is 0 Å². The minimum absolute atomic E-state index is 0.833. The van der Waals surface area contributed by atoms with Crippen LogP contribution < -0.4 is 0 Å². The van der Waals surface area contributed by atoms with Gasteiger partial charge >= 0.3 is 0 Å². The van der Waals surface area contributed by atoms with Gasteiger partial charge in [0.1, 0.15) is 0 Å². The van der Waals surface area contributed by atoms with Gasteiger partial charge in [-0.15, -0.1) is 0 Å². The van der Waals surface area contributed by atoms with E-state index in [0.29, 0.717) is 0 Å². The number of hydrogen-bond donors (Lipinski definition) is 0. The highest BCUT2D eigenvalue weighted by Crippen LogP contribution is 2.35. The molecule has 1 saturated carbocycles. The van der Waals surface area contributed by atoms with Gasteiger partial charge < -0.3 is 0 Å². The molecule has 0 aliphatic heterocycles. The third-order valence-electron chi connectivity index (χ3n) is 2.87. The van der Waals surface area contributed by atoms with Gasteiger partial charge in [-0.25, -0.2) is 0 Å². The fourth-order valence-corrected chi connectivity index (χ4v) is 2.19. The van der Waals surface area contributed by atoms with Crippen LogP contribution in [0.5, 0.6) is 0 Å². The third-order valence-corrected chi connectivity index (χ3v) is 2.87. The second-order valence-corrected chi connectivity index (χ2v) is 5.00. The zero-order valence-corrected chi connectivity index (χ0v) is 10.3. The van der Waals surface area contributed by atoms with Crippen LogP contribution in [0.4, 0.5) is 0 Å². The first-order valence-electron chi connectivity index (χ1n) is 6.11. The molecule has 1 fully saturated rings. The molecule has 0 spiro atoms. The minimum Gasteiger partial charge on any atom is -0.0651 e. The highest BCUT2D eigenvalue weighted by Gasteiger charge is 2.23. The summed E-state index contributed by atoms with van der Waals surface area (Å²) in [5, 5.41) is 0. The van der Waals surface area contributed by atoms with E-state index in [9.17, 15) is 0 Å². The molecule has 0 aromatic heterocycles. The molecule has 0 amide bonds. The summed E-state index contributed by atoms with van der Waals surface area (Å²) in [4.78, 5) is 0. The van der Waals surface area contributed by atoms with Gasteiger partial charge in [-0.1, -0.05) is 66.7 Å². The van der Waals surface area contributed by atoms with Crippen molar-refractivity contribution in [3.8, 4) is 0 Å². The minimum atomic E-state index is 0.833. The maximum atomic E-state index is 2.33. The fourth-order valence-electron chi connectivity index (χ4n) is 2.19. The van der Waals surface area contributed by atoms with Crippen molar-refractivity contribution in [3.05, 3.63) is 0 Å². The molecule has 1 aliphatic carbocycles. The Morgan fingerprint density at radius 2 is 1.23 bits per heavy atom. The second kappa shape index (κ2) is 7.41. The first-order valence-corrected chi connectivity index (χ1v) is 6.11. The first-order chi connectivity index (χ1) is 6.11. The molecule has 0 nitrogen and oxygen atoms in total. The van der Waals surface area contributed by atoms with Crippen LogP contribution in [0.2, 0.25) is 0 Å². The fraction of sp³-hybridized carbons (Fsp3) is 1.00. The Hall–Kier alpha value is 0. The van der Waals surface area contributed by atoms with E-state index in [2.05, 4.69) is 34.6 Å². The average Bonchev–Trinajstić information content (AvgIpc) is 2.49. The molecule has 0 radical (unpaired) electrons. The lowest BCUT2D eigenvalue weighted by atomic mass is 9.92. The maximum absolute atomic E-state index is 2.33. The molecule has 2 atom stereocenters. The summed E-state index contributed by atoms with van der Waals surface area (Å²) in [5.74, 6) is 2.99. The maximum Gasteiger partial charge on any atom is -0.0389 e. The lowest BCUT2D eigenvalue weighted by Crippen LogP contribution is -2.04. The summed E-state index contributed by atoms with van der Waals surface area (Å²) in [6, 6.07) is 0. The van der Waals surface area contributed by atoms with Gasteiger partial charge in [0.2, 0.25) is 0 Å². The van der Waals surface area contributed by atoms with E-state index in [-0.39, 0.29) is 0 Å². The lowest BCUT2D eigenvalue weighted by Gasteiger charge is -2.14. The molecule has 1 rings (SSSR count). The van der Waals surface area contributed by atoms with Crippen LogP contribution in [0.15, 0.2) is 0 Å². The van der Waals surface area contributed by atoms with Crippen molar-refractivity contribution in [1.29, 1.82) is 0 Å². The molecular weight excluding hydrogens is 156 g/mol. The summed E-state index contributed by atoms with van der Waals surface area (Å²) in [6.07, 6.45) is 7.35. The first kappa shape index (κ1) is 13.0. The molecule has 0 aromatic rings. The standard InChI is InChI=1S/C9H18.C4H10/c1-3-8-6-5-7-9(8)4-2;1-4(2)3/h8-9H,3-7H2,1-2H3;4H,1-3H3. The average molecular weight is 184 g/mol. The van der Waals surface area contributed by atoms with E-state index in [0.717, 1.165) is 17.8 Å². The molecule has 13 heavy (non-hydrogen) atoms. The van der Waals surface area contributed by atoms with Crippen molar-refractivity contribution in [2.45, 2.75) is 66.7 Å². The van der Waals surface area contributed by atoms with Gasteiger partial charge in [-0.05, 0) is 17.8 Å². The highest BCUT2D eigenvalue weighted by molar-refractivity contribution is 4.74. The Kier molecular flexibility index (Phi) is 7.41. The summed E-state index contributed by atoms with van der Waals surface area (Å²) in [6.45, 7) is 11.2.